The third-order valence-electron chi connectivity index (χ3n) is 2.86. The molecule has 0 aliphatic rings. The van der Waals surface area contributed by atoms with Gasteiger partial charge < -0.3 is 14.8 Å². The number of ether oxygens (including phenoxy) is 2. The number of nitrogens with one attached hydrogen (secondary N) is 1. The molecule has 21 heavy (non-hydrogen) atoms. The van der Waals surface area contributed by atoms with E-state index in [0.717, 1.165) is 18.4 Å². The van der Waals surface area contributed by atoms with Crippen molar-refractivity contribution in [2.45, 2.75) is 19.4 Å². The highest BCUT2D eigenvalue weighted by Crippen LogP contribution is 2.24. The molecule has 0 aliphatic carbocycles. The fourth-order valence-corrected chi connectivity index (χ4v) is 1.77. The highest BCUT2D eigenvalue weighted by atomic mass is 16.6. The molecule has 0 saturated carbocycles. The molecule has 116 valence electrons. The van der Waals surface area contributed by atoms with Crippen LogP contribution in [0.25, 0.3) is 0 Å². The van der Waals surface area contributed by atoms with Gasteiger partial charge in [0.15, 0.2) is 0 Å². The molecule has 0 radical (unpaired) electrons. The predicted molar refractivity (Wildman–Crippen MR) is 81.6 cm³/mol. The number of unbranched alkanes of at least 4 members (excludes halogenated alkanes) is 1. The molecular formula is C15H22N2O4. The van der Waals surface area contributed by atoms with Gasteiger partial charge in [-0.05, 0) is 18.9 Å². The van der Waals surface area contributed by atoms with Gasteiger partial charge in [-0.15, -0.1) is 6.58 Å². The van der Waals surface area contributed by atoms with Gasteiger partial charge in [-0.1, -0.05) is 6.08 Å². The second kappa shape index (κ2) is 9.90. The summed E-state index contributed by atoms with van der Waals surface area (Å²) < 4.78 is 10.6. The van der Waals surface area contributed by atoms with E-state index in [4.69, 9.17) is 9.47 Å². The molecule has 1 rings (SSSR count). The minimum absolute atomic E-state index is 0.0667. The van der Waals surface area contributed by atoms with Gasteiger partial charge in [-0.3, -0.25) is 10.1 Å². The molecule has 6 heteroatoms. The maximum atomic E-state index is 10.9. The molecule has 0 atom stereocenters. The first-order valence-electron chi connectivity index (χ1n) is 6.89. The maximum absolute atomic E-state index is 10.9. The van der Waals surface area contributed by atoms with Crippen molar-refractivity contribution in [3.63, 3.8) is 0 Å². The Morgan fingerprint density at radius 2 is 2.24 bits per heavy atom. The van der Waals surface area contributed by atoms with Gasteiger partial charge in [-0.25, -0.2) is 0 Å². The molecule has 6 nitrogen and oxygen atoms in total. The number of hydrogen-bond acceptors (Lipinski definition) is 5. The van der Waals surface area contributed by atoms with Crippen molar-refractivity contribution in [2.24, 2.45) is 0 Å². The minimum Gasteiger partial charge on any atom is -0.493 e. The van der Waals surface area contributed by atoms with Crippen LogP contribution in [0.3, 0.4) is 0 Å². The Morgan fingerprint density at radius 3 is 2.90 bits per heavy atom. The Labute approximate surface area is 124 Å². The maximum Gasteiger partial charge on any atom is 0.270 e. The SMILES string of the molecule is C=CCCCOc1ccc([N+](=O)[O-])cc1CNCCOC. The molecule has 0 bridgehead atoms. The van der Waals surface area contributed by atoms with Crippen molar-refractivity contribution in [2.75, 3.05) is 26.9 Å². The average molecular weight is 294 g/mol. The molecule has 0 fully saturated rings. The Hall–Kier alpha value is -1.92. The number of benzene rings is 1. The van der Waals surface area contributed by atoms with Crippen molar-refractivity contribution in [1.29, 1.82) is 0 Å². The number of methoxy groups -OCH3 is 1. The van der Waals surface area contributed by atoms with E-state index in [1.165, 1.54) is 6.07 Å². The largest absolute Gasteiger partial charge is 0.493 e. The van der Waals surface area contributed by atoms with Crippen LogP contribution in [0.4, 0.5) is 5.69 Å². The van der Waals surface area contributed by atoms with E-state index in [1.807, 2.05) is 6.08 Å². The van der Waals surface area contributed by atoms with Crippen LogP contribution in [-0.2, 0) is 11.3 Å². The fraction of sp³-hybridized carbons (Fsp3) is 0.467. The third-order valence-corrected chi connectivity index (χ3v) is 2.86. The van der Waals surface area contributed by atoms with Gasteiger partial charge in [0, 0.05) is 37.9 Å². The lowest BCUT2D eigenvalue weighted by Gasteiger charge is -2.12. The zero-order chi connectivity index (χ0) is 15.5. The fourth-order valence-electron chi connectivity index (χ4n) is 1.77. The van der Waals surface area contributed by atoms with Crippen molar-refractivity contribution in [1.82, 2.24) is 5.32 Å². The van der Waals surface area contributed by atoms with Crippen molar-refractivity contribution >= 4 is 5.69 Å². The predicted octanol–water partition coefficient (Wildman–Crippen LogP) is 2.68. The number of non-ortho nitro benzene ring substituents is 1. The Bertz CT molecular complexity index is 463. The zero-order valence-corrected chi connectivity index (χ0v) is 12.3. The van der Waals surface area contributed by atoms with E-state index in [2.05, 4.69) is 11.9 Å². The summed E-state index contributed by atoms with van der Waals surface area (Å²) in [7, 11) is 1.63. The van der Waals surface area contributed by atoms with Gasteiger partial charge >= 0.3 is 0 Å². The summed E-state index contributed by atoms with van der Waals surface area (Å²) in [6.07, 6.45) is 3.60. The highest BCUT2D eigenvalue weighted by Gasteiger charge is 2.11. The van der Waals surface area contributed by atoms with E-state index in [-0.39, 0.29) is 5.69 Å². The van der Waals surface area contributed by atoms with E-state index in [0.29, 0.717) is 32.1 Å². The topological polar surface area (TPSA) is 73.6 Å². The first-order chi connectivity index (χ1) is 10.2. The summed E-state index contributed by atoms with van der Waals surface area (Å²) in [4.78, 5) is 10.5. The van der Waals surface area contributed by atoms with E-state index in [9.17, 15) is 10.1 Å². The second-order valence-electron chi connectivity index (χ2n) is 4.50. The molecule has 0 amide bonds. The third kappa shape index (κ3) is 6.37. The summed E-state index contributed by atoms with van der Waals surface area (Å²) in [6, 6.07) is 4.66. The minimum atomic E-state index is -0.403. The molecular weight excluding hydrogens is 272 g/mol. The lowest BCUT2D eigenvalue weighted by atomic mass is 10.1. The highest BCUT2D eigenvalue weighted by molar-refractivity contribution is 5.43. The number of nitro benzene ring substituents is 1. The lowest BCUT2D eigenvalue weighted by molar-refractivity contribution is -0.384. The van der Waals surface area contributed by atoms with Gasteiger partial charge in [0.1, 0.15) is 5.75 Å². The van der Waals surface area contributed by atoms with Crippen molar-refractivity contribution in [3.05, 3.63) is 46.5 Å². The molecule has 0 aromatic heterocycles. The van der Waals surface area contributed by atoms with Crippen LogP contribution < -0.4 is 10.1 Å². The Morgan fingerprint density at radius 1 is 1.43 bits per heavy atom. The van der Waals surface area contributed by atoms with Gasteiger partial charge in [0.2, 0.25) is 0 Å². The Balaban J connectivity index is 2.69. The van der Waals surface area contributed by atoms with Crippen LogP contribution in [0.2, 0.25) is 0 Å². The molecule has 1 N–H and O–H groups in total. The Kier molecular flexibility index (Phi) is 8.08. The van der Waals surface area contributed by atoms with Crippen molar-refractivity contribution in [3.8, 4) is 5.75 Å². The van der Waals surface area contributed by atoms with Crippen LogP contribution in [-0.4, -0.2) is 31.8 Å². The van der Waals surface area contributed by atoms with E-state index in [1.54, 1.807) is 19.2 Å². The number of nitro groups is 1. The second-order valence-corrected chi connectivity index (χ2v) is 4.50. The smallest absolute Gasteiger partial charge is 0.270 e. The van der Waals surface area contributed by atoms with E-state index < -0.39 is 4.92 Å². The summed E-state index contributed by atoms with van der Waals surface area (Å²) in [5.74, 6) is 0.676. The van der Waals surface area contributed by atoms with E-state index >= 15 is 0 Å². The van der Waals surface area contributed by atoms with Crippen LogP contribution in [0, 0.1) is 10.1 Å². The molecule has 0 saturated heterocycles. The zero-order valence-electron chi connectivity index (χ0n) is 12.3. The molecule has 0 spiro atoms. The first-order valence-corrected chi connectivity index (χ1v) is 6.89. The van der Waals surface area contributed by atoms with Crippen LogP contribution in [0.15, 0.2) is 30.9 Å². The number of rotatable bonds is 11. The summed E-state index contributed by atoms with van der Waals surface area (Å²) >= 11 is 0. The first kappa shape index (κ1) is 17.1. The number of allylic oxidation sites excluding steroid dienone is 1. The standard InChI is InChI=1S/C15H22N2O4/c1-3-4-5-9-21-15-7-6-14(17(18)19)11-13(15)12-16-8-10-20-2/h3,6-7,11,16H,1,4-5,8-10,12H2,2H3. The molecule has 0 unspecified atom stereocenters. The molecule has 1 aromatic carbocycles. The van der Waals surface area contributed by atoms with Crippen LogP contribution >= 0.6 is 0 Å². The van der Waals surface area contributed by atoms with Gasteiger partial charge in [0.05, 0.1) is 18.1 Å². The lowest BCUT2D eigenvalue weighted by Crippen LogP contribution is -2.19. The number of nitrogens with zero attached hydrogens (tertiary/aromatic N) is 1. The summed E-state index contributed by atoms with van der Waals surface area (Å²) in [5, 5.41) is 14.0. The quantitative estimate of drug-likeness (QED) is 0.294. The molecule has 0 heterocycles. The van der Waals surface area contributed by atoms with Crippen molar-refractivity contribution < 1.29 is 14.4 Å². The normalized spacial score (nSPS) is 10.3. The van der Waals surface area contributed by atoms with Crippen LogP contribution in [0.5, 0.6) is 5.75 Å². The summed E-state index contributed by atoms with van der Waals surface area (Å²) in [6.45, 7) is 5.99. The summed E-state index contributed by atoms with van der Waals surface area (Å²) in [5.41, 5.74) is 0.843. The number of hydrogen-bond donors (Lipinski definition) is 1. The van der Waals surface area contributed by atoms with Gasteiger partial charge in [0.25, 0.3) is 5.69 Å². The molecule has 1 aromatic rings. The van der Waals surface area contributed by atoms with Gasteiger partial charge in [-0.2, -0.15) is 0 Å². The van der Waals surface area contributed by atoms with Crippen LogP contribution in [0.1, 0.15) is 18.4 Å². The average Bonchev–Trinajstić information content (AvgIpc) is 2.48. The molecule has 0 aliphatic heterocycles. The monoisotopic (exact) mass is 294 g/mol.